The highest BCUT2D eigenvalue weighted by Crippen LogP contribution is 2.20. The molecule has 0 saturated carbocycles. The summed E-state index contributed by atoms with van der Waals surface area (Å²) in [4.78, 5) is 35.0. The van der Waals surface area contributed by atoms with E-state index in [9.17, 15) is 9.59 Å². The maximum atomic E-state index is 12.5. The monoisotopic (exact) mass is 324 g/mol. The summed E-state index contributed by atoms with van der Waals surface area (Å²) in [6.45, 7) is 2.97. The minimum atomic E-state index is -0.221. The number of aryl methyl sites for hydroxylation is 1. The normalized spacial score (nSPS) is 17.4. The molecular weight excluding hydrogens is 304 g/mol. The van der Waals surface area contributed by atoms with Crippen molar-refractivity contribution in [1.82, 2.24) is 14.9 Å². The van der Waals surface area contributed by atoms with Gasteiger partial charge in [0, 0.05) is 31.2 Å². The van der Waals surface area contributed by atoms with Gasteiger partial charge in [-0.15, -0.1) is 0 Å². The molecule has 0 bridgehead atoms. The molecule has 1 atom stereocenters. The number of anilines is 1. The van der Waals surface area contributed by atoms with Crippen molar-refractivity contribution in [2.24, 2.45) is 5.92 Å². The number of rotatable bonds is 3. The average molecular weight is 324 g/mol. The molecule has 2 amide bonds. The van der Waals surface area contributed by atoms with Gasteiger partial charge in [-0.3, -0.25) is 14.6 Å². The number of hydrogen-bond donors (Lipinski definition) is 1. The van der Waals surface area contributed by atoms with Crippen LogP contribution < -0.4 is 5.32 Å². The minimum Gasteiger partial charge on any atom is -0.338 e. The first kappa shape index (κ1) is 16.1. The van der Waals surface area contributed by atoms with Crippen LogP contribution in [-0.4, -0.2) is 39.8 Å². The van der Waals surface area contributed by atoms with E-state index < -0.39 is 0 Å². The Balaban J connectivity index is 1.65. The Morgan fingerprint density at radius 1 is 1.25 bits per heavy atom. The molecule has 2 aromatic rings. The maximum Gasteiger partial charge on any atom is 0.255 e. The number of amides is 2. The largest absolute Gasteiger partial charge is 0.338 e. The van der Waals surface area contributed by atoms with Crippen LogP contribution >= 0.6 is 0 Å². The molecular formula is C18H20N4O2. The summed E-state index contributed by atoms with van der Waals surface area (Å²) in [5.74, 6) is 0.170. The molecule has 6 nitrogen and oxygen atoms in total. The van der Waals surface area contributed by atoms with Crippen molar-refractivity contribution in [3.63, 3.8) is 0 Å². The van der Waals surface area contributed by atoms with E-state index in [4.69, 9.17) is 0 Å². The van der Waals surface area contributed by atoms with Gasteiger partial charge in [-0.05, 0) is 44.0 Å². The molecule has 1 N–H and O–H groups in total. The first-order chi connectivity index (χ1) is 11.6. The number of nitrogens with one attached hydrogen (secondary N) is 1. The van der Waals surface area contributed by atoms with Gasteiger partial charge in [-0.1, -0.05) is 6.07 Å². The molecule has 1 saturated heterocycles. The Labute approximate surface area is 140 Å². The van der Waals surface area contributed by atoms with Crippen LogP contribution in [0, 0.1) is 12.8 Å². The molecule has 3 rings (SSSR count). The Kier molecular flexibility index (Phi) is 4.84. The van der Waals surface area contributed by atoms with Crippen LogP contribution in [0.15, 0.2) is 42.7 Å². The second kappa shape index (κ2) is 7.21. The number of nitrogens with zero attached hydrogens (tertiary/aromatic N) is 3. The summed E-state index contributed by atoms with van der Waals surface area (Å²) in [5, 5.41) is 2.85. The number of pyridine rings is 2. The number of likely N-dealkylation sites (tertiary alicyclic amines) is 1. The van der Waals surface area contributed by atoms with Crippen molar-refractivity contribution in [3.8, 4) is 0 Å². The number of piperidine rings is 1. The molecule has 3 heterocycles. The molecule has 124 valence electrons. The van der Waals surface area contributed by atoms with Crippen LogP contribution in [0.25, 0.3) is 0 Å². The Hall–Kier alpha value is -2.76. The maximum absolute atomic E-state index is 12.5. The van der Waals surface area contributed by atoms with E-state index in [1.807, 2.05) is 19.1 Å². The van der Waals surface area contributed by atoms with Gasteiger partial charge in [0.1, 0.15) is 5.82 Å². The van der Waals surface area contributed by atoms with Crippen molar-refractivity contribution < 1.29 is 9.59 Å². The van der Waals surface area contributed by atoms with Crippen molar-refractivity contribution in [3.05, 3.63) is 54.0 Å². The fourth-order valence-electron chi connectivity index (χ4n) is 2.89. The summed E-state index contributed by atoms with van der Waals surface area (Å²) in [6, 6.07) is 8.99. The molecule has 0 radical (unpaired) electrons. The lowest BCUT2D eigenvalue weighted by Gasteiger charge is -2.32. The van der Waals surface area contributed by atoms with Gasteiger partial charge in [0.05, 0.1) is 11.5 Å². The van der Waals surface area contributed by atoms with E-state index in [1.165, 1.54) is 0 Å². The summed E-state index contributed by atoms with van der Waals surface area (Å²) in [7, 11) is 0. The molecule has 2 aromatic heterocycles. The zero-order valence-corrected chi connectivity index (χ0v) is 13.6. The molecule has 1 aliphatic heterocycles. The van der Waals surface area contributed by atoms with Gasteiger partial charge in [0.25, 0.3) is 5.91 Å². The molecule has 24 heavy (non-hydrogen) atoms. The molecule has 0 unspecified atom stereocenters. The van der Waals surface area contributed by atoms with Crippen molar-refractivity contribution in [2.75, 3.05) is 18.4 Å². The van der Waals surface area contributed by atoms with Crippen LogP contribution in [0.5, 0.6) is 0 Å². The molecule has 0 spiro atoms. The van der Waals surface area contributed by atoms with Crippen molar-refractivity contribution in [1.29, 1.82) is 0 Å². The molecule has 0 aromatic carbocycles. The number of carbonyl (C=O) groups excluding carboxylic acids is 2. The molecule has 1 fully saturated rings. The van der Waals surface area contributed by atoms with Crippen molar-refractivity contribution in [2.45, 2.75) is 19.8 Å². The van der Waals surface area contributed by atoms with E-state index in [-0.39, 0.29) is 17.7 Å². The SMILES string of the molecule is Cc1cccc(NC(=O)[C@@H]2CCCN(C(=O)c3cccnc3)C2)n1. The van der Waals surface area contributed by atoms with Gasteiger partial charge in [-0.25, -0.2) is 4.98 Å². The highest BCUT2D eigenvalue weighted by atomic mass is 16.2. The molecule has 6 heteroatoms. The Morgan fingerprint density at radius 3 is 2.88 bits per heavy atom. The summed E-state index contributed by atoms with van der Waals surface area (Å²) < 4.78 is 0. The summed E-state index contributed by atoms with van der Waals surface area (Å²) >= 11 is 0. The fraction of sp³-hybridized carbons (Fsp3) is 0.333. The van der Waals surface area contributed by atoms with E-state index in [0.717, 1.165) is 18.5 Å². The van der Waals surface area contributed by atoms with E-state index >= 15 is 0 Å². The smallest absolute Gasteiger partial charge is 0.255 e. The van der Waals surface area contributed by atoms with Gasteiger partial charge in [-0.2, -0.15) is 0 Å². The highest BCUT2D eigenvalue weighted by Gasteiger charge is 2.29. The third-order valence-electron chi connectivity index (χ3n) is 4.13. The Morgan fingerprint density at radius 2 is 2.12 bits per heavy atom. The van der Waals surface area contributed by atoms with E-state index in [0.29, 0.717) is 24.5 Å². The van der Waals surface area contributed by atoms with Gasteiger partial charge >= 0.3 is 0 Å². The van der Waals surface area contributed by atoms with Crippen LogP contribution in [0.1, 0.15) is 28.9 Å². The van der Waals surface area contributed by atoms with Crippen LogP contribution in [0.2, 0.25) is 0 Å². The quantitative estimate of drug-likeness (QED) is 0.940. The predicted molar refractivity (Wildman–Crippen MR) is 90.5 cm³/mol. The third-order valence-corrected chi connectivity index (χ3v) is 4.13. The van der Waals surface area contributed by atoms with Crippen LogP contribution in [-0.2, 0) is 4.79 Å². The van der Waals surface area contributed by atoms with Crippen LogP contribution in [0.3, 0.4) is 0 Å². The average Bonchev–Trinajstić information content (AvgIpc) is 2.62. The zero-order valence-electron chi connectivity index (χ0n) is 13.6. The zero-order chi connectivity index (χ0) is 16.9. The first-order valence-electron chi connectivity index (χ1n) is 8.07. The van der Waals surface area contributed by atoms with Crippen molar-refractivity contribution >= 4 is 17.6 Å². The number of hydrogen-bond acceptors (Lipinski definition) is 4. The topological polar surface area (TPSA) is 75.2 Å². The minimum absolute atomic E-state index is 0.0747. The third kappa shape index (κ3) is 3.76. The predicted octanol–water partition coefficient (Wildman–Crippen LogP) is 2.28. The van der Waals surface area contributed by atoms with E-state index in [1.54, 1.807) is 35.5 Å². The summed E-state index contributed by atoms with van der Waals surface area (Å²) in [6.07, 6.45) is 4.78. The lowest BCUT2D eigenvalue weighted by atomic mass is 9.96. The summed E-state index contributed by atoms with van der Waals surface area (Å²) in [5.41, 5.74) is 1.41. The number of carbonyl (C=O) groups is 2. The standard InChI is InChI=1S/C18H20N4O2/c1-13-5-2-8-16(20-13)21-17(23)15-7-4-10-22(12-15)18(24)14-6-3-9-19-11-14/h2-3,5-6,8-9,11,15H,4,7,10,12H2,1H3,(H,20,21,23)/t15-/m1/s1. The van der Waals surface area contributed by atoms with Gasteiger partial charge < -0.3 is 10.2 Å². The fourth-order valence-corrected chi connectivity index (χ4v) is 2.89. The first-order valence-corrected chi connectivity index (χ1v) is 8.07. The van der Waals surface area contributed by atoms with E-state index in [2.05, 4.69) is 15.3 Å². The molecule has 0 aliphatic carbocycles. The molecule has 1 aliphatic rings. The lowest BCUT2D eigenvalue weighted by Crippen LogP contribution is -2.43. The second-order valence-corrected chi connectivity index (χ2v) is 5.99. The number of aromatic nitrogens is 2. The highest BCUT2D eigenvalue weighted by molar-refractivity contribution is 5.95. The second-order valence-electron chi connectivity index (χ2n) is 5.99. The van der Waals surface area contributed by atoms with Crippen LogP contribution in [0.4, 0.5) is 5.82 Å². The van der Waals surface area contributed by atoms with Gasteiger partial charge in [0.15, 0.2) is 0 Å². The van der Waals surface area contributed by atoms with Gasteiger partial charge in [0.2, 0.25) is 5.91 Å². The Bertz CT molecular complexity index is 733. The lowest BCUT2D eigenvalue weighted by molar-refractivity contribution is -0.121.